The third-order valence-corrected chi connectivity index (χ3v) is 5.48. The van der Waals surface area contributed by atoms with E-state index in [0.29, 0.717) is 13.0 Å². The van der Waals surface area contributed by atoms with Crippen molar-refractivity contribution in [1.82, 2.24) is 0 Å². The molecule has 146 valence electrons. The molecule has 1 aliphatic heterocycles. The van der Waals surface area contributed by atoms with Gasteiger partial charge in [-0.25, -0.2) is 0 Å². The van der Waals surface area contributed by atoms with Gasteiger partial charge >= 0.3 is 0 Å². The lowest BCUT2D eigenvalue weighted by atomic mass is 9.75. The first-order chi connectivity index (χ1) is 12.2. The van der Waals surface area contributed by atoms with Crippen molar-refractivity contribution in [3.63, 3.8) is 0 Å². The van der Waals surface area contributed by atoms with Gasteiger partial charge in [0.2, 0.25) is 0 Å². The van der Waals surface area contributed by atoms with E-state index < -0.39 is 5.60 Å². The van der Waals surface area contributed by atoms with Crippen LogP contribution in [0.5, 0.6) is 0 Å². The highest BCUT2D eigenvalue weighted by atomic mass is 16.7. The summed E-state index contributed by atoms with van der Waals surface area (Å²) in [5.41, 5.74) is 1.12. The number of ether oxygens (including phenoxy) is 3. The highest BCUT2D eigenvalue weighted by Gasteiger charge is 2.38. The van der Waals surface area contributed by atoms with Crippen LogP contribution in [0.25, 0.3) is 0 Å². The predicted molar refractivity (Wildman–Crippen MR) is 105 cm³/mol. The maximum atomic E-state index is 10.6. The zero-order chi connectivity index (χ0) is 19.4. The van der Waals surface area contributed by atoms with Gasteiger partial charge in [0, 0.05) is 20.1 Å². The second kappa shape index (κ2) is 8.66. The van der Waals surface area contributed by atoms with E-state index in [0.717, 1.165) is 24.0 Å². The minimum absolute atomic E-state index is 0.232. The van der Waals surface area contributed by atoms with Crippen LogP contribution in [0.15, 0.2) is 48.1 Å². The smallest absolute Gasteiger partial charge is 0.180 e. The molecule has 0 amide bonds. The highest BCUT2D eigenvalue weighted by Crippen LogP contribution is 2.41. The molecule has 0 aromatic carbocycles. The van der Waals surface area contributed by atoms with E-state index in [4.69, 9.17) is 14.2 Å². The molecule has 4 nitrogen and oxygen atoms in total. The van der Waals surface area contributed by atoms with Crippen LogP contribution in [-0.2, 0) is 14.2 Å². The van der Waals surface area contributed by atoms with Gasteiger partial charge in [0.05, 0.1) is 17.8 Å². The van der Waals surface area contributed by atoms with Gasteiger partial charge in [0.1, 0.15) is 0 Å². The average molecular weight is 363 g/mol. The van der Waals surface area contributed by atoms with Crippen LogP contribution in [0.4, 0.5) is 0 Å². The first-order valence-electron chi connectivity index (χ1n) is 9.36. The van der Waals surface area contributed by atoms with Crippen molar-refractivity contribution in [3.8, 4) is 0 Å². The Morgan fingerprint density at radius 3 is 2.73 bits per heavy atom. The molecule has 1 aliphatic carbocycles. The molecule has 26 heavy (non-hydrogen) atoms. The van der Waals surface area contributed by atoms with Gasteiger partial charge in [-0.1, -0.05) is 42.5 Å². The zero-order valence-electron chi connectivity index (χ0n) is 16.8. The van der Waals surface area contributed by atoms with Crippen molar-refractivity contribution in [2.45, 2.75) is 57.5 Å². The summed E-state index contributed by atoms with van der Waals surface area (Å²) in [5.74, 6) is 0.470. The fourth-order valence-electron chi connectivity index (χ4n) is 3.59. The Hall–Kier alpha value is -1.20. The zero-order valence-corrected chi connectivity index (χ0v) is 16.8. The molecule has 1 N–H and O–H groups in total. The van der Waals surface area contributed by atoms with Gasteiger partial charge in [-0.05, 0) is 51.5 Å². The molecule has 0 radical (unpaired) electrons. The number of rotatable bonds is 4. The first-order valence-corrected chi connectivity index (χ1v) is 9.36. The minimum Gasteiger partial charge on any atom is -0.386 e. The first kappa shape index (κ1) is 21.1. The summed E-state index contributed by atoms with van der Waals surface area (Å²) in [6.45, 7) is 10.8. The van der Waals surface area contributed by atoms with E-state index >= 15 is 0 Å². The SMILES string of the molecule is C=C1C/C=C\[C@@](C)(O)CC[C@@H]2/C(=C/C=C/C(C)(C)OC)[C@@H](OC)OC[C@@H]12. The van der Waals surface area contributed by atoms with E-state index in [9.17, 15) is 5.11 Å². The van der Waals surface area contributed by atoms with Crippen molar-refractivity contribution in [3.05, 3.63) is 48.1 Å². The van der Waals surface area contributed by atoms with Gasteiger partial charge in [-0.3, -0.25) is 0 Å². The number of allylic oxidation sites excluding steroid dienone is 3. The summed E-state index contributed by atoms with van der Waals surface area (Å²) in [6.07, 6.45) is 12.0. The maximum Gasteiger partial charge on any atom is 0.180 e. The van der Waals surface area contributed by atoms with Crippen molar-refractivity contribution in [2.24, 2.45) is 11.8 Å². The van der Waals surface area contributed by atoms with Crippen molar-refractivity contribution in [1.29, 1.82) is 0 Å². The molecule has 1 heterocycles. The Morgan fingerprint density at radius 2 is 2.08 bits per heavy atom. The molecule has 4 atom stereocenters. The molecule has 0 unspecified atom stereocenters. The van der Waals surface area contributed by atoms with Crippen LogP contribution < -0.4 is 0 Å². The fourth-order valence-corrected chi connectivity index (χ4v) is 3.59. The van der Waals surface area contributed by atoms with Gasteiger partial charge in [0.15, 0.2) is 6.29 Å². The quantitative estimate of drug-likeness (QED) is 0.762. The fraction of sp³-hybridized carbons (Fsp3) is 0.636. The molecule has 0 spiro atoms. The number of methoxy groups -OCH3 is 2. The van der Waals surface area contributed by atoms with E-state index in [1.165, 1.54) is 0 Å². The Balaban J connectivity index is 2.34. The van der Waals surface area contributed by atoms with Crippen molar-refractivity contribution < 1.29 is 19.3 Å². The summed E-state index contributed by atoms with van der Waals surface area (Å²) in [5, 5.41) is 10.6. The Bertz CT molecular complexity index is 583. The molecule has 4 heteroatoms. The molecular weight excluding hydrogens is 328 g/mol. The molecule has 0 bridgehead atoms. The van der Waals surface area contributed by atoms with Crippen LogP contribution in [0.3, 0.4) is 0 Å². The van der Waals surface area contributed by atoms with Crippen LogP contribution in [0, 0.1) is 11.8 Å². The van der Waals surface area contributed by atoms with E-state index in [2.05, 4.69) is 12.7 Å². The second-order valence-electron chi connectivity index (χ2n) is 8.11. The third-order valence-electron chi connectivity index (χ3n) is 5.48. The van der Waals surface area contributed by atoms with Crippen molar-refractivity contribution in [2.75, 3.05) is 20.8 Å². The highest BCUT2D eigenvalue weighted by molar-refractivity contribution is 5.26. The molecule has 2 aliphatic rings. The summed E-state index contributed by atoms with van der Waals surface area (Å²) < 4.78 is 17.0. The maximum absolute atomic E-state index is 10.6. The summed E-state index contributed by atoms with van der Waals surface area (Å²) in [7, 11) is 3.37. The predicted octanol–water partition coefficient (Wildman–Crippen LogP) is 4.18. The van der Waals surface area contributed by atoms with Crippen LogP contribution in [0.2, 0.25) is 0 Å². The van der Waals surface area contributed by atoms with E-state index in [1.54, 1.807) is 14.2 Å². The third kappa shape index (κ3) is 5.40. The number of hydrogen-bond acceptors (Lipinski definition) is 4. The molecule has 0 aromatic heterocycles. The lowest BCUT2D eigenvalue weighted by Gasteiger charge is -2.39. The van der Waals surface area contributed by atoms with Crippen LogP contribution >= 0.6 is 0 Å². The normalized spacial score (nSPS) is 36.5. The number of fused-ring (bicyclic) bond motifs is 1. The Kier molecular flexibility index (Phi) is 7.03. The summed E-state index contributed by atoms with van der Waals surface area (Å²) in [6, 6.07) is 0. The summed E-state index contributed by atoms with van der Waals surface area (Å²) >= 11 is 0. The van der Waals surface area contributed by atoms with E-state index in [-0.39, 0.29) is 23.7 Å². The van der Waals surface area contributed by atoms with Gasteiger partial charge in [-0.2, -0.15) is 0 Å². The molecule has 2 rings (SSSR count). The Morgan fingerprint density at radius 1 is 1.35 bits per heavy atom. The molecule has 1 saturated heterocycles. The topological polar surface area (TPSA) is 47.9 Å². The lowest BCUT2D eigenvalue weighted by molar-refractivity contribution is -0.136. The average Bonchev–Trinajstić information content (AvgIpc) is 2.64. The number of hydrogen-bond donors (Lipinski definition) is 1. The van der Waals surface area contributed by atoms with Crippen LogP contribution in [0.1, 0.15) is 40.0 Å². The van der Waals surface area contributed by atoms with Crippen LogP contribution in [-0.4, -0.2) is 43.4 Å². The molecule has 0 saturated carbocycles. The van der Waals surface area contributed by atoms with Gasteiger partial charge in [0.25, 0.3) is 0 Å². The van der Waals surface area contributed by atoms with E-state index in [1.807, 2.05) is 45.1 Å². The largest absolute Gasteiger partial charge is 0.386 e. The lowest BCUT2D eigenvalue weighted by Crippen LogP contribution is -2.38. The molecule has 0 aromatic rings. The van der Waals surface area contributed by atoms with Crippen molar-refractivity contribution >= 4 is 0 Å². The summed E-state index contributed by atoms with van der Waals surface area (Å²) in [4.78, 5) is 0. The number of aliphatic hydroxyl groups is 1. The second-order valence-corrected chi connectivity index (χ2v) is 8.11. The monoisotopic (exact) mass is 362 g/mol. The Labute approximate surface area is 158 Å². The van der Waals surface area contributed by atoms with Gasteiger partial charge < -0.3 is 19.3 Å². The molecule has 1 fully saturated rings. The minimum atomic E-state index is -0.797. The van der Waals surface area contributed by atoms with Gasteiger partial charge in [-0.15, -0.1) is 0 Å². The standard InChI is InChI=1S/C22H34O4/c1-16-9-7-13-22(4,23)14-11-17-18(10-8-12-21(2,3)25-6)20(24-5)26-15-19(16)17/h7-8,10,12-13,17,19-20,23H,1,9,11,14-15H2,2-6H3/b12-8+,13-7-,18-10-/t17-,19+,20+,22-/m1/s1. The molecular formula is C22H34O4.